The molecular weight excluding hydrogens is 390 g/mol. The van der Waals surface area contributed by atoms with Crippen molar-refractivity contribution in [2.24, 2.45) is 0 Å². The van der Waals surface area contributed by atoms with Crippen molar-refractivity contribution in [2.45, 2.75) is 5.38 Å². The average Bonchev–Trinajstić information content (AvgIpc) is 2.50. The van der Waals surface area contributed by atoms with Crippen LogP contribution in [0.15, 0.2) is 59.1 Å². The zero-order valence-electron chi connectivity index (χ0n) is 10.8. The van der Waals surface area contributed by atoms with Crippen LogP contribution in [0.1, 0.15) is 16.5 Å². The molecule has 0 aliphatic carbocycles. The Labute approximate surface area is 146 Å². The lowest BCUT2D eigenvalue weighted by Gasteiger charge is -2.16. The van der Waals surface area contributed by atoms with Gasteiger partial charge < -0.3 is 0 Å². The Morgan fingerprint density at radius 2 is 1.52 bits per heavy atom. The zero-order chi connectivity index (χ0) is 15.0. The number of hydrogen-bond donors (Lipinski definition) is 0. The van der Waals surface area contributed by atoms with Crippen LogP contribution in [-0.2, 0) is 0 Å². The third-order valence-electron chi connectivity index (χ3n) is 3.41. The Balaban J connectivity index is 2.20. The highest BCUT2D eigenvalue weighted by atomic mass is 79.9. The molecule has 0 aromatic heterocycles. The molecule has 4 heteroatoms. The maximum atomic E-state index is 6.68. The molecule has 21 heavy (non-hydrogen) atoms. The lowest BCUT2D eigenvalue weighted by atomic mass is 9.98. The van der Waals surface area contributed by atoms with E-state index in [0.29, 0.717) is 10.0 Å². The van der Waals surface area contributed by atoms with Crippen molar-refractivity contribution in [3.8, 4) is 0 Å². The van der Waals surface area contributed by atoms with Gasteiger partial charge in [0.1, 0.15) is 0 Å². The summed E-state index contributed by atoms with van der Waals surface area (Å²) in [5, 5.41) is 3.11. The molecular formula is C17H10BrCl3. The molecule has 0 heterocycles. The maximum absolute atomic E-state index is 6.68. The SMILES string of the molecule is Clc1ccc(Cl)c(C(Cl)c2ccc(Br)c3ccccc23)c1. The van der Waals surface area contributed by atoms with Gasteiger partial charge in [-0.25, -0.2) is 0 Å². The van der Waals surface area contributed by atoms with Crippen molar-refractivity contribution in [2.75, 3.05) is 0 Å². The highest BCUT2D eigenvalue weighted by Crippen LogP contribution is 2.39. The summed E-state index contributed by atoms with van der Waals surface area (Å²) in [6.45, 7) is 0. The van der Waals surface area contributed by atoms with Gasteiger partial charge in [-0.1, -0.05) is 69.5 Å². The lowest BCUT2D eigenvalue weighted by molar-refractivity contribution is 1.16. The molecule has 0 radical (unpaired) electrons. The van der Waals surface area contributed by atoms with E-state index in [4.69, 9.17) is 34.8 Å². The molecule has 0 saturated heterocycles. The molecule has 0 spiro atoms. The van der Waals surface area contributed by atoms with Gasteiger partial charge in [-0.3, -0.25) is 0 Å². The largest absolute Gasteiger partial charge is 0.113 e. The molecule has 0 fully saturated rings. The first-order chi connectivity index (χ1) is 10.1. The number of hydrogen-bond acceptors (Lipinski definition) is 0. The standard InChI is InChI=1S/C17H10BrCl3/c18-15-7-6-13(11-3-1-2-4-12(11)15)17(21)14-9-10(19)5-8-16(14)20/h1-9,17H. The quantitative estimate of drug-likeness (QED) is 0.398. The van der Waals surface area contributed by atoms with Crippen LogP contribution in [0.5, 0.6) is 0 Å². The first kappa shape index (κ1) is 15.2. The minimum atomic E-state index is -0.353. The van der Waals surface area contributed by atoms with Gasteiger partial charge in [0.05, 0.1) is 5.38 Å². The second-order valence-electron chi connectivity index (χ2n) is 4.71. The normalized spacial score (nSPS) is 12.6. The van der Waals surface area contributed by atoms with Gasteiger partial charge in [0.25, 0.3) is 0 Å². The van der Waals surface area contributed by atoms with Crippen molar-refractivity contribution in [3.05, 3.63) is 80.2 Å². The summed E-state index contributed by atoms with van der Waals surface area (Å²) in [6.07, 6.45) is 0. The minimum absolute atomic E-state index is 0.353. The second-order valence-corrected chi connectivity index (χ2v) is 6.84. The van der Waals surface area contributed by atoms with Crippen molar-refractivity contribution in [1.29, 1.82) is 0 Å². The van der Waals surface area contributed by atoms with E-state index in [9.17, 15) is 0 Å². The minimum Gasteiger partial charge on any atom is -0.113 e. The Kier molecular flexibility index (Phi) is 4.46. The van der Waals surface area contributed by atoms with E-state index in [-0.39, 0.29) is 5.38 Å². The molecule has 0 amide bonds. The fourth-order valence-corrected chi connectivity index (χ4v) is 3.69. The van der Waals surface area contributed by atoms with Crippen LogP contribution in [0.4, 0.5) is 0 Å². The summed E-state index contributed by atoms with van der Waals surface area (Å²) >= 11 is 22.6. The Bertz CT molecular complexity index is 814. The van der Waals surface area contributed by atoms with Gasteiger partial charge in [0.2, 0.25) is 0 Å². The number of alkyl halides is 1. The van der Waals surface area contributed by atoms with E-state index in [0.717, 1.165) is 26.4 Å². The highest BCUT2D eigenvalue weighted by molar-refractivity contribution is 9.10. The van der Waals surface area contributed by atoms with Crippen molar-refractivity contribution < 1.29 is 0 Å². The highest BCUT2D eigenvalue weighted by Gasteiger charge is 2.17. The fourth-order valence-electron chi connectivity index (χ4n) is 2.38. The molecule has 1 atom stereocenters. The third-order valence-corrected chi connectivity index (χ3v) is 5.15. The lowest BCUT2D eigenvalue weighted by Crippen LogP contribution is -1.96. The van der Waals surface area contributed by atoms with E-state index < -0.39 is 0 Å². The topological polar surface area (TPSA) is 0 Å². The molecule has 0 saturated carbocycles. The number of rotatable bonds is 2. The molecule has 1 unspecified atom stereocenters. The smallest absolute Gasteiger partial charge is 0.0856 e. The molecule has 3 aromatic carbocycles. The van der Waals surface area contributed by atoms with Gasteiger partial charge in [-0.05, 0) is 46.2 Å². The maximum Gasteiger partial charge on any atom is 0.0856 e. The number of fused-ring (bicyclic) bond motifs is 1. The summed E-state index contributed by atoms with van der Waals surface area (Å²) in [5.74, 6) is 0. The van der Waals surface area contributed by atoms with Gasteiger partial charge in [0, 0.05) is 14.5 Å². The monoisotopic (exact) mass is 398 g/mol. The van der Waals surface area contributed by atoms with Gasteiger partial charge >= 0.3 is 0 Å². The van der Waals surface area contributed by atoms with Gasteiger partial charge in [-0.2, -0.15) is 0 Å². The summed E-state index contributed by atoms with van der Waals surface area (Å²) < 4.78 is 1.04. The first-order valence-electron chi connectivity index (χ1n) is 6.34. The van der Waals surface area contributed by atoms with Crippen LogP contribution in [-0.4, -0.2) is 0 Å². The van der Waals surface area contributed by atoms with Crippen LogP contribution in [0.3, 0.4) is 0 Å². The van der Waals surface area contributed by atoms with Gasteiger partial charge in [0.15, 0.2) is 0 Å². The van der Waals surface area contributed by atoms with Crippen LogP contribution >= 0.6 is 50.7 Å². The van der Waals surface area contributed by atoms with Crippen LogP contribution in [0.2, 0.25) is 10.0 Å². The van der Waals surface area contributed by atoms with Crippen molar-refractivity contribution >= 4 is 61.5 Å². The van der Waals surface area contributed by atoms with Crippen LogP contribution in [0.25, 0.3) is 10.8 Å². The Morgan fingerprint density at radius 1 is 0.810 bits per heavy atom. The molecule has 0 bridgehead atoms. The Morgan fingerprint density at radius 3 is 2.29 bits per heavy atom. The second kappa shape index (κ2) is 6.18. The van der Waals surface area contributed by atoms with E-state index in [1.54, 1.807) is 12.1 Å². The van der Waals surface area contributed by atoms with E-state index in [2.05, 4.69) is 28.1 Å². The van der Waals surface area contributed by atoms with Crippen LogP contribution < -0.4 is 0 Å². The third kappa shape index (κ3) is 2.93. The average molecular weight is 401 g/mol. The van der Waals surface area contributed by atoms with Crippen molar-refractivity contribution in [1.82, 2.24) is 0 Å². The van der Waals surface area contributed by atoms with Crippen LogP contribution in [0, 0.1) is 0 Å². The molecule has 0 nitrogen and oxygen atoms in total. The van der Waals surface area contributed by atoms with E-state index >= 15 is 0 Å². The summed E-state index contributed by atoms with van der Waals surface area (Å²) in [4.78, 5) is 0. The molecule has 0 aliphatic rings. The predicted molar refractivity (Wildman–Crippen MR) is 95.8 cm³/mol. The first-order valence-corrected chi connectivity index (χ1v) is 8.32. The van der Waals surface area contributed by atoms with Gasteiger partial charge in [-0.15, -0.1) is 11.6 Å². The van der Waals surface area contributed by atoms with E-state index in [1.807, 2.05) is 30.3 Å². The van der Waals surface area contributed by atoms with Crippen molar-refractivity contribution in [3.63, 3.8) is 0 Å². The molecule has 106 valence electrons. The molecule has 3 aromatic rings. The molecule has 0 aliphatic heterocycles. The molecule has 3 rings (SSSR count). The summed E-state index contributed by atoms with van der Waals surface area (Å²) in [6, 6.07) is 17.5. The fraction of sp³-hybridized carbons (Fsp3) is 0.0588. The molecule has 0 N–H and O–H groups in total. The number of benzene rings is 3. The van der Waals surface area contributed by atoms with E-state index in [1.165, 1.54) is 0 Å². The summed E-state index contributed by atoms with van der Waals surface area (Å²) in [5.41, 5.74) is 1.83. The zero-order valence-corrected chi connectivity index (χ0v) is 14.6. The number of halogens is 4. The Hall–Kier alpha value is -0.730. The predicted octanol–water partition coefficient (Wildman–Crippen LogP) is 7.24. The summed E-state index contributed by atoms with van der Waals surface area (Å²) in [7, 11) is 0.